The van der Waals surface area contributed by atoms with Gasteiger partial charge in [-0.25, -0.2) is 17.9 Å². The lowest BCUT2D eigenvalue weighted by Crippen LogP contribution is -2.40. The number of sulfonamides is 1. The lowest BCUT2D eigenvalue weighted by Gasteiger charge is -2.29. The molecular formula is C13H21NO4S3. The molecule has 0 saturated heterocycles. The van der Waals surface area contributed by atoms with Crippen LogP contribution in [0.15, 0.2) is 10.3 Å². The highest BCUT2D eigenvalue weighted by molar-refractivity contribution is 8.00. The Morgan fingerprint density at radius 3 is 2.43 bits per heavy atom. The summed E-state index contributed by atoms with van der Waals surface area (Å²) >= 11 is 2.57. The number of carboxylic acid groups (broad SMARTS) is 1. The van der Waals surface area contributed by atoms with E-state index in [1.807, 2.05) is 20.1 Å². The number of aryl methyl sites for hydroxylation is 1. The number of hydrogen-bond donors (Lipinski definition) is 2. The molecule has 1 aromatic rings. The largest absolute Gasteiger partial charge is 0.477 e. The highest BCUT2D eigenvalue weighted by atomic mass is 32.2. The van der Waals surface area contributed by atoms with Crippen LogP contribution in [0.3, 0.4) is 0 Å². The van der Waals surface area contributed by atoms with Crippen LogP contribution in [0.4, 0.5) is 0 Å². The van der Waals surface area contributed by atoms with Gasteiger partial charge in [-0.05, 0) is 37.0 Å². The predicted octanol–water partition coefficient (Wildman–Crippen LogP) is 2.95. The Balaban J connectivity index is 3.08. The molecular weight excluding hydrogens is 330 g/mol. The van der Waals surface area contributed by atoms with E-state index in [-0.39, 0.29) is 21.1 Å². The van der Waals surface area contributed by atoms with Crippen molar-refractivity contribution in [2.24, 2.45) is 0 Å². The lowest BCUT2D eigenvalue weighted by atomic mass is 10.0. The molecule has 2 N–H and O–H groups in total. The van der Waals surface area contributed by atoms with E-state index in [0.29, 0.717) is 5.56 Å². The summed E-state index contributed by atoms with van der Waals surface area (Å²) in [5.74, 6) is -1.21. The number of thiophene rings is 1. The molecule has 0 aliphatic rings. The molecule has 0 radical (unpaired) electrons. The first kappa shape index (κ1) is 18.5. The first-order chi connectivity index (χ1) is 9.73. The van der Waals surface area contributed by atoms with Gasteiger partial charge in [-0.15, -0.1) is 11.3 Å². The van der Waals surface area contributed by atoms with E-state index in [0.717, 1.165) is 24.2 Å². The summed E-state index contributed by atoms with van der Waals surface area (Å²) in [4.78, 5) is 10.9. The van der Waals surface area contributed by atoms with E-state index in [1.54, 1.807) is 24.1 Å². The molecule has 0 bridgehead atoms. The molecule has 0 aromatic carbocycles. The zero-order valence-corrected chi connectivity index (χ0v) is 15.0. The molecule has 0 aliphatic carbocycles. The Hall–Kier alpha value is -0.570. The van der Waals surface area contributed by atoms with Gasteiger partial charge in [0.25, 0.3) is 0 Å². The molecule has 0 aliphatic heterocycles. The molecule has 0 atom stereocenters. The Labute approximate surface area is 134 Å². The molecule has 1 heterocycles. The van der Waals surface area contributed by atoms with Gasteiger partial charge in [-0.3, -0.25) is 0 Å². The smallest absolute Gasteiger partial charge is 0.347 e. The van der Waals surface area contributed by atoms with Crippen LogP contribution < -0.4 is 4.72 Å². The van der Waals surface area contributed by atoms with E-state index in [4.69, 9.17) is 5.11 Å². The van der Waals surface area contributed by atoms with E-state index in [9.17, 15) is 13.2 Å². The third-order valence-corrected chi connectivity index (χ3v) is 8.08. The fraction of sp³-hybridized carbons (Fsp3) is 0.615. The number of aromatic carboxylic acids is 1. The van der Waals surface area contributed by atoms with Crippen molar-refractivity contribution in [2.45, 2.75) is 43.3 Å². The quantitative estimate of drug-likeness (QED) is 0.752. The second kappa shape index (κ2) is 7.13. The molecule has 8 heteroatoms. The zero-order valence-electron chi connectivity index (χ0n) is 12.6. The number of carboxylic acids is 1. The SMILES string of the molecule is CCC(CC)(CNS(=O)(=O)c1c(C)csc1C(=O)O)SC. The van der Waals surface area contributed by atoms with Crippen molar-refractivity contribution in [1.29, 1.82) is 0 Å². The normalized spacial score (nSPS) is 12.6. The zero-order chi connectivity index (χ0) is 16.3. The first-order valence-electron chi connectivity index (χ1n) is 6.59. The summed E-state index contributed by atoms with van der Waals surface area (Å²) in [6.45, 7) is 5.94. The van der Waals surface area contributed by atoms with Crippen molar-refractivity contribution in [1.82, 2.24) is 4.72 Å². The lowest BCUT2D eigenvalue weighted by molar-refractivity contribution is 0.0698. The summed E-state index contributed by atoms with van der Waals surface area (Å²) < 4.78 is 27.3. The third kappa shape index (κ3) is 4.00. The maximum absolute atomic E-state index is 12.5. The van der Waals surface area contributed by atoms with Crippen molar-refractivity contribution in [2.75, 3.05) is 12.8 Å². The van der Waals surface area contributed by atoms with Crippen LogP contribution in [0.2, 0.25) is 0 Å². The van der Waals surface area contributed by atoms with Crippen molar-refractivity contribution < 1.29 is 18.3 Å². The van der Waals surface area contributed by atoms with Gasteiger partial charge in [-0.1, -0.05) is 13.8 Å². The second-order valence-electron chi connectivity index (χ2n) is 4.80. The first-order valence-corrected chi connectivity index (χ1v) is 10.2. The Bertz CT molecular complexity index is 595. The monoisotopic (exact) mass is 351 g/mol. The van der Waals surface area contributed by atoms with Crippen LogP contribution >= 0.6 is 23.1 Å². The predicted molar refractivity (Wildman–Crippen MR) is 88.0 cm³/mol. The van der Waals surface area contributed by atoms with E-state index in [1.165, 1.54) is 0 Å². The van der Waals surface area contributed by atoms with E-state index in [2.05, 4.69) is 4.72 Å². The minimum Gasteiger partial charge on any atom is -0.477 e. The van der Waals surface area contributed by atoms with Crippen molar-refractivity contribution in [3.63, 3.8) is 0 Å². The second-order valence-corrected chi connectivity index (χ2v) is 8.66. The van der Waals surface area contributed by atoms with E-state index < -0.39 is 16.0 Å². The van der Waals surface area contributed by atoms with Crippen LogP contribution in [0.25, 0.3) is 0 Å². The van der Waals surface area contributed by atoms with Gasteiger partial charge in [0.05, 0.1) is 0 Å². The molecule has 120 valence electrons. The molecule has 0 saturated carbocycles. The number of nitrogens with one attached hydrogen (secondary N) is 1. The maximum atomic E-state index is 12.5. The average molecular weight is 352 g/mol. The summed E-state index contributed by atoms with van der Waals surface area (Å²) in [5.41, 5.74) is 0.465. The van der Waals surface area contributed by atoms with Gasteiger partial charge in [0.2, 0.25) is 10.0 Å². The van der Waals surface area contributed by atoms with Crippen LogP contribution in [-0.2, 0) is 10.0 Å². The molecule has 21 heavy (non-hydrogen) atoms. The van der Waals surface area contributed by atoms with Crippen LogP contribution in [0.5, 0.6) is 0 Å². The number of hydrogen-bond acceptors (Lipinski definition) is 5. The fourth-order valence-electron chi connectivity index (χ4n) is 2.07. The van der Waals surface area contributed by atoms with Gasteiger partial charge >= 0.3 is 5.97 Å². The van der Waals surface area contributed by atoms with Gasteiger partial charge in [0.1, 0.15) is 9.77 Å². The molecule has 1 rings (SSSR count). The van der Waals surface area contributed by atoms with Gasteiger partial charge in [-0.2, -0.15) is 11.8 Å². The minimum absolute atomic E-state index is 0.109. The summed E-state index contributed by atoms with van der Waals surface area (Å²) in [6.07, 6.45) is 3.63. The summed E-state index contributed by atoms with van der Waals surface area (Å²) in [7, 11) is -3.82. The topological polar surface area (TPSA) is 83.5 Å². The van der Waals surface area contributed by atoms with Crippen LogP contribution in [-0.4, -0.2) is 37.0 Å². The van der Waals surface area contributed by atoms with Gasteiger partial charge < -0.3 is 5.11 Å². The Morgan fingerprint density at radius 1 is 1.43 bits per heavy atom. The molecule has 1 aromatic heterocycles. The Kier molecular flexibility index (Phi) is 6.27. The van der Waals surface area contributed by atoms with Crippen LogP contribution in [0.1, 0.15) is 41.9 Å². The third-order valence-electron chi connectivity index (χ3n) is 3.69. The summed E-state index contributed by atoms with van der Waals surface area (Å²) in [6, 6.07) is 0. The Morgan fingerprint density at radius 2 is 2.00 bits per heavy atom. The van der Waals surface area contributed by atoms with Crippen molar-refractivity contribution in [3.05, 3.63) is 15.8 Å². The average Bonchev–Trinajstić information content (AvgIpc) is 2.84. The molecule has 5 nitrogen and oxygen atoms in total. The van der Waals surface area contributed by atoms with Gasteiger partial charge in [0, 0.05) is 11.3 Å². The van der Waals surface area contributed by atoms with Gasteiger partial charge in [0.15, 0.2) is 0 Å². The summed E-state index contributed by atoms with van der Waals surface area (Å²) in [5, 5.41) is 10.7. The number of carbonyl (C=O) groups is 1. The molecule has 0 amide bonds. The highest BCUT2D eigenvalue weighted by Gasteiger charge is 2.31. The maximum Gasteiger partial charge on any atom is 0.347 e. The van der Waals surface area contributed by atoms with E-state index >= 15 is 0 Å². The highest BCUT2D eigenvalue weighted by Crippen LogP contribution is 2.31. The number of thioether (sulfide) groups is 1. The molecule has 0 spiro atoms. The van der Waals surface area contributed by atoms with Crippen molar-refractivity contribution >= 4 is 39.1 Å². The number of rotatable bonds is 8. The van der Waals surface area contributed by atoms with Crippen molar-refractivity contribution in [3.8, 4) is 0 Å². The fourth-order valence-corrected chi connectivity index (χ4v) is 5.71. The standard InChI is InChI=1S/C13H21NO4S3/c1-5-13(6-2,19-4)8-14-21(17,18)11-9(3)7-20-10(11)12(15)16/h7,14H,5-6,8H2,1-4H3,(H,15,16). The molecule has 0 unspecified atom stereocenters. The minimum atomic E-state index is -3.82. The molecule has 0 fully saturated rings. The van der Waals surface area contributed by atoms with Crippen LogP contribution in [0, 0.1) is 6.92 Å².